The van der Waals surface area contributed by atoms with Crippen molar-refractivity contribution in [3.8, 4) is 11.5 Å². The second-order valence-electron chi connectivity index (χ2n) is 10.0. The van der Waals surface area contributed by atoms with Crippen LogP contribution in [0.15, 0.2) is 52.9 Å². The fourth-order valence-corrected chi connectivity index (χ4v) is 4.57. The minimum Gasteiger partial charge on any atom is -0.415 e. The van der Waals surface area contributed by atoms with Gasteiger partial charge in [-0.05, 0) is 57.9 Å². The van der Waals surface area contributed by atoms with Crippen LogP contribution < -0.4 is 10.2 Å². The highest BCUT2D eigenvalue weighted by Crippen LogP contribution is 2.26. The first-order chi connectivity index (χ1) is 19.3. The van der Waals surface area contributed by atoms with Crippen molar-refractivity contribution < 1.29 is 22.4 Å². The van der Waals surface area contributed by atoms with E-state index in [4.69, 9.17) is 4.42 Å². The molecule has 1 fully saturated rings. The average molecular weight is 560 g/mol. The van der Waals surface area contributed by atoms with Gasteiger partial charge in [0.1, 0.15) is 5.82 Å². The van der Waals surface area contributed by atoms with Crippen LogP contribution in [-0.4, -0.2) is 97.4 Å². The van der Waals surface area contributed by atoms with E-state index >= 15 is 4.39 Å². The molecule has 2 amide bonds. The van der Waals surface area contributed by atoms with Crippen molar-refractivity contribution >= 4 is 11.7 Å². The minimum atomic E-state index is -2.91. The number of nitrogens with one attached hydrogen (secondary N) is 1. The summed E-state index contributed by atoms with van der Waals surface area (Å²) >= 11 is 0. The summed E-state index contributed by atoms with van der Waals surface area (Å²) in [6.45, 7) is 7.28. The van der Waals surface area contributed by atoms with Crippen LogP contribution in [0.2, 0.25) is 0 Å². The van der Waals surface area contributed by atoms with Crippen molar-refractivity contribution in [3.05, 3.63) is 65.8 Å². The lowest BCUT2D eigenvalue weighted by Gasteiger charge is -2.35. The van der Waals surface area contributed by atoms with Gasteiger partial charge in [0, 0.05) is 56.1 Å². The summed E-state index contributed by atoms with van der Waals surface area (Å²) < 4.78 is 45.5. The van der Waals surface area contributed by atoms with Gasteiger partial charge in [-0.25, -0.2) is 9.18 Å². The van der Waals surface area contributed by atoms with Crippen LogP contribution in [0.5, 0.6) is 0 Å². The zero-order valence-corrected chi connectivity index (χ0v) is 22.9. The summed E-state index contributed by atoms with van der Waals surface area (Å²) in [6.07, 6.45) is -1.76. The van der Waals surface area contributed by atoms with E-state index in [1.54, 1.807) is 12.1 Å². The number of hydrogen-bond donors (Lipinski definition) is 1. The molecule has 1 saturated heterocycles. The van der Waals surface area contributed by atoms with Crippen LogP contribution in [0.3, 0.4) is 0 Å². The van der Waals surface area contributed by atoms with Gasteiger partial charge >= 0.3 is 12.5 Å². The number of aromatic nitrogens is 2. The Morgan fingerprint density at radius 2 is 1.73 bits per heavy atom. The Labute approximate surface area is 232 Å². The number of piperazine rings is 1. The largest absolute Gasteiger partial charge is 0.415 e. The molecule has 216 valence electrons. The van der Waals surface area contributed by atoms with Crippen LogP contribution >= 0.6 is 0 Å². The van der Waals surface area contributed by atoms with E-state index in [1.807, 2.05) is 18.2 Å². The van der Waals surface area contributed by atoms with E-state index < -0.39 is 18.1 Å². The molecule has 2 heterocycles. The summed E-state index contributed by atoms with van der Waals surface area (Å²) in [5.41, 5.74) is 1.05. The Balaban J connectivity index is 1.33. The minimum absolute atomic E-state index is 0.0281. The Hall–Kier alpha value is -3.48. The predicted octanol–water partition coefficient (Wildman–Crippen LogP) is 4.10. The van der Waals surface area contributed by atoms with Gasteiger partial charge < -0.3 is 19.5 Å². The molecule has 0 spiro atoms. The molecule has 4 rings (SSSR count). The molecule has 0 atom stereocenters. The first-order valence-corrected chi connectivity index (χ1v) is 13.4. The lowest BCUT2D eigenvalue weighted by Crippen LogP contribution is -2.49. The third-order valence-electron chi connectivity index (χ3n) is 6.82. The van der Waals surface area contributed by atoms with Gasteiger partial charge in [0.2, 0.25) is 5.89 Å². The number of nitrogens with zero attached hydrogens (tertiary/aromatic N) is 6. The molecule has 0 bridgehead atoms. The molecule has 1 N–H and O–H groups in total. The van der Waals surface area contributed by atoms with Crippen LogP contribution in [0, 0.1) is 5.82 Å². The fourth-order valence-electron chi connectivity index (χ4n) is 4.57. The molecule has 1 aliphatic heterocycles. The number of carbonyl (C=O) groups is 1. The summed E-state index contributed by atoms with van der Waals surface area (Å²) in [6, 6.07) is 12.8. The first-order valence-electron chi connectivity index (χ1n) is 13.4. The average Bonchev–Trinajstić information content (AvgIpc) is 3.44. The topological polar surface area (TPSA) is 81.0 Å². The lowest BCUT2D eigenvalue weighted by atomic mass is 10.1. The summed E-state index contributed by atoms with van der Waals surface area (Å²) in [5, 5.41) is 9.82. The highest BCUT2D eigenvalue weighted by molar-refractivity contribution is 5.91. The number of alkyl halides is 2. The van der Waals surface area contributed by atoms with E-state index in [0.717, 1.165) is 58.3 Å². The van der Waals surface area contributed by atoms with Gasteiger partial charge in [-0.3, -0.25) is 9.80 Å². The molecule has 0 aliphatic carbocycles. The molecular weight excluding hydrogens is 523 g/mol. The highest BCUT2D eigenvalue weighted by Gasteiger charge is 2.21. The van der Waals surface area contributed by atoms with E-state index in [1.165, 1.54) is 17.0 Å². The van der Waals surface area contributed by atoms with Gasteiger partial charge in [0.25, 0.3) is 5.89 Å². The molecule has 1 aromatic heterocycles. The number of benzene rings is 2. The normalized spacial score (nSPS) is 14.7. The van der Waals surface area contributed by atoms with Gasteiger partial charge in [0.05, 0.1) is 6.54 Å². The first kappa shape index (κ1) is 29.5. The smallest absolute Gasteiger partial charge is 0.322 e. The van der Waals surface area contributed by atoms with E-state index in [0.29, 0.717) is 12.2 Å². The van der Waals surface area contributed by atoms with Crippen molar-refractivity contribution in [1.82, 2.24) is 30.2 Å². The number of hydrogen-bond acceptors (Lipinski definition) is 7. The molecule has 0 unspecified atom stereocenters. The molecule has 1 aliphatic rings. The van der Waals surface area contributed by atoms with Crippen LogP contribution in [0.4, 0.5) is 23.7 Å². The number of rotatable bonds is 12. The van der Waals surface area contributed by atoms with Crippen molar-refractivity contribution in [2.75, 3.05) is 71.4 Å². The highest BCUT2D eigenvalue weighted by atomic mass is 19.3. The van der Waals surface area contributed by atoms with Crippen molar-refractivity contribution in [2.24, 2.45) is 0 Å². The lowest BCUT2D eigenvalue weighted by molar-refractivity contribution is 0.116. The Morgan fingerprint density at radius 1 is 1.02 bits per heavy atom. The Kier molecular flexibility index (Phi) is 10.5. The number of halogens is 3. The van der Waals surface area contributed by atoms with Crippen LogP contribution in [-0.2, 0) is 6.54 Å². The number of urea groups is 1. The summed E-state index contributed by atoms with van der Waals surface area (Å²) in [5.74, 6) is -1.65. The number of carbonyl (C=O) groups excluding carboxylic acids is 1. The van der Waals surface area contributed by atoms with Crippen LogP contribution in [0.25, 0.3) is 11.5 Å². The molecule has 9 nitrogen and oxygen atoms in total. The second-order valence-corrected chi connectivity index (χ2v) is 10.0. The third kappa shape index (κ3) is 8.26. The molecule has 2 aromatic carbocycles. The maximum atomic E-state index is 15.1. The Bertz CT molecular complexity index is 1220. The van der Waals surface area contributed by atoms with Gasteiger partial charge in [-0.1, -0.05) is 24.3 Å². The maximum absolute atomic E-state index is 15.1. The fraction of sp³-hybridized carbons (Fsp3) is 0.464. The maximum Gasteiger partial charge on any atom is 0.322 e. The third-order valence-corrected chi connectivity index (χ3v) is 6.82. The van der Waals surface area contributed by atoms with E-state index in [9.17, 15) is 13.6 Å². The number of para-hydroxylation sites is 1. The predicted molar refractivity (Wildman–Crippen MR) is 147 cm³/mol. The molecule has 0 radical (unpaired) electrons. The SMILES string of the molecule is CN(C)CCCN1CCN(CCNC(=O)N(Cc2ccc(-c3nnc(C(F)F)o3)cc2F)c2ccccc2)CC1. The van der Waals surface area contributed by atoms with Gasteiger partial charge in [-0.2, -0.15) is 8.78 Å². The number of amides is 2. The van der Waals surface area contributed by atoms with Crippen molar-refractivity contribution in [2.45, 2.75) is 19.4 Å². The summed E-state index contributed by atoms with van der Waals surface area (Å²) in [7, 11) is 4.18. The van der Waals surface area contributed by atoms with E-state index in [2.05, 4.69) is 44.3 Å². The Morgan fingerprint density at radius 3 is 2.35 bits per heavy atom. The standard InChI is InChI=1S/C28H36F3N7O2/c1-35(2)12-6-13-36-15-17-37(18-16-36)14-11-32-28(39)38(23-7-4-3-5-8-23)20-22-10-9-21(19-24(22)29)26-33-34-27(40-26)25(30)31/h3-5,7-10,19,25H,6,11-18,20H2,1-2H3,(H,32,39). The molecular formula is C28H36F3N7O2. The van der Waals surface area contributed by atoms with Gasteiger partial charge in [0.15, 0.2) is 0 Å². The van der Waals surface area contributed by atoms with E-state index in [-0.39, 0.29) is 29.6 Å². The molecule has 40 heavy (non-hydrogen) atoms. The van der Waals surface area contributed by atoms with Crippen molar-refractivity contribution in [1.29, 1.82) is 0 Å². The monoisotopic (exact) mass is 559 g/mol. The second kappa shape index (κ2) is 14.2. The van der Waals surface area contributed by atoms with Crippen molar-refractivity contribution in [3.63, 3.8) is 0 Å². The molecule has 3 aromatic rings. The zero-order valence-electron chi connectivity index (χ0n) is 22.9. The van der Waals surface area contributed by atoms with Gasteiger partial charge in [-0.15, -0.1) is 10.2 Å². The molecule has 0 saturated carbocycles. The van der Waals surface area contributed by atoms with Crippen LogP contribution in [0.1, 0.15) is 24.3 Å². The quantitative estimate of drug-likeness (QED) is 0.358. The summed E-state index contributed by atoms with van der Waals surface area (Å²) in [4.78, 5) is 21.7. The number of anilines is 1. The zero-order chi connectivity index (χ0) is 28.5. The molecule has 12 heteroatoms.